The number of nitrogens with two attached hydrogens (primary N) is 1. The van der Waals surface area contributed by atoms with Crippen molar-refractivity contribution in [3.63, 3.8) is 0 Å². The topological polar surface area (TPSA) is 89.9 Å². The fourth-order valence-electron chi connectivity index (χ4n) is 3.26. The predicted octanol–water partition coefficient (Wildman–Crippen LogP) is 2.82. The molecule has 0 aliphatic rings. The number of nitrogens with zero attached hydrogens (tertiary/aromatic N) is 5. The van der Waals surface area contributed by atoms with E-state index in [2.05, 4.69) is 15.1 Å². The highest BCUT2D eigenvalue weighted by molar-refractivity contribution is 6.10. The van der Waals surface area contributed by atoms with E-state index in [1.807, 2.05) is 19.1 Å². The number of aromatic nitrogens is 4. The maximum atomic E-state index is 14.7. The number of pyridine rings is 2. The van der Waals surface area contributed by atoms with Gasteiger partial charge in [0.15, 0.2) is 0 Å². The summed E-state index contributed by atoms with van der Waals surface area (Å²) in [5.41, 5.74) is 8.78. The van der Waals surface area contributed by atoms with Gasteiger partial charge in [-0.3, -0.25) is 14.5 Å². The van der Waals surface area contributed by atoms with E-state index in [1.54, 1.807) is 31.2 Å². The van der Waals surface area contributed by atoms with Gasteiger partial charge in [-0.1, -0.05) is 6.07 Å². The molecule has 3 heterocycles. The van der Waals surface area contributed by atoms with E-state index in [9.17, 15) is 9.18 Å². The molecule has 8 heteroatoms. The first kappa shape index (κ1) is 17.8. The number of hydrogen-bond donors (Lipinski definition) is 1. The number of halogens is 1. The van der Waals surface area contributed by atoms with Gasteiger partial charge >= 0.3 is 0 Å². The molecular weight excluding hydrogens is 359 g/mol. The molecule has 0 bridgehead atoms. The third-order valence-corrected chi connectivity index (χ3v) is 4.75. The van der Waals surface area contributed by atoms with Crippen LogP contribution in [0.1, 0.15) is 21.6 Å². The normalized spacial score (nSPS) is 11.3. The van der Waals surface area contributed by atoms with Crippen molar-refractivity contribution in [2.75, 3.05) is 12.8 Å². The highest BCUT2D eigenvalue weighted by Gasteiger charge is 2.20. The maximum Gasteiger partial charge on any atom is 0.256 e. The van der Waals surface area contributed by atoms with E-state index >= 15 is 0 Å². The van der Waals surface area contributed by atoms with Crippen LogP contribution in [0.25, 0.3) is 21.8 Å². The van der Waals surface area contributed by atoms with Crippen LogP contribution in [0, 0.1) is 12.7 Å². The Balaban J connectivity index is 1.77. The lowest BCUT2D eigenvalue weighted by Gasteiger charge is -2.18. The van der Waals surface area contributed by atoms with E-state index in [0.717, 1.165) is 11.3 Å². The number of nitrogen functional groups attached to an aromatic ring is 1. The zero-order chi connectivity index (χ0) is 20.0. The van der Waals surface area contributed by atoms with Crippen LogP contribution in [-0.2, 0) is 13.6 Å². The third-order valence-electron chi connectivity index (χ3n) is 4.75. The summed E-state index contributed by atoms with van der Waals surface area (Å²) in [5.74, 6) is -0.805. The lowest BCUT2D eigenvalue weighted by Crippen LogP contribution is -2.27. The first-order chi connectivity index (χ1) is 13.3. The van der Waals surface area contributed by atoms with Crippen molar-refractivity contribution in [1.29, 1.82) is 0 Å². The van der Waals surface area contributed by atoms with Gasteiger partial charge in [-0.15, -0.1) is 0 Å². The van der Waals surface area contributed by atoms with Crippen molar-refractivity contribution in [3.8, 4) is 0 Å². The Morgan fingerprint density at radius 1 is 1.25 bits per heavy atom. The molecule has 0 aliphatic carbocycles. The summed E-state index contributed by atoms with van der Waals surface area (Å²) in [5, 5.41) is 5.49. The molecule has 0 fully saturated rings. The molecule has 1 amide bonds. The smallest absolute Gasteiger partial charge is 0.256 e. The average Bonchev–Trinajstić information content (AvgIpc) is 3.05. The van der Waals surface area contributed by atoms with Crippen molar-refractivity contribution < 1.29 is 9.18 Å². The van der Waals surface area contributed by atoms with Gasteiger partial charge < -0.3 is 10.6 Å². The molecule has 4 aromatic rings. The molecule has 0 aliphatic heterocycles. The molecular formula is C20H19FN6O. The molecule has 0 atom stereocenters. The fraction of sp³-hybridized carbons (Fsp3) is 0.200. The van der Waals surface area contributed by atoms with Gasteiger partial charge in [0, 0.05) is 31.7 Å². The maximum absolute atomic E-state index is 14.7. The van der Waals surface area contributed by atoms with E-state index in [-0.39, 0.29) is 17.9 Å². The zero-order valence-electron chi connectivity index (χ0n) is 15.8. The minimum Gasteiger partial charge on any atom is -0.383 e. The third kappa shape index (κ3) is 2.92. The number of amides is 1. The number of benzene rings is 1. The second-order valence-corrected chi connectivity index (χ2v) is 6.86. The molecule has 4 rings (SSSR count). The molecule has 0 unspecified atom stereocenters. The number of hydrogen-bond acceptors (Lipinski definition) is 5. The SMILES string of the molecule is Cc1ccc(CN(C)C(=O)c2cc3c(cc2F)nc(N)c2cnn(C)c23)nc1. The fourth-order valence-corrected chi connectivity index (χ4v) is 3.26. The van der Waals surface area contributed by atoms with Gasteiger partial charge in [0.25, 0.3) is 5.91 Å². The number of carbonyl (C=O) groups excluding carboxylic acids is 1. The largest absolute Gasteiger partial charge is 0.383 e. The van der Waals surface area contributed by atoms with Crippen molar-refractivity contribution >= 4 is 33.5 Å². The molecule has 2 N–H and O–H groups in total. The molecule has 1 aromatic carbocycles. The molecule has 0 spiro atoms. The molecule has 0 saturated heterocycles. The van der Waals surface area contributed by atoms with Gasteiger partial charge in [0.1, 0.15) is 11.6 Å². The van der Waals surface area contributed by atoms with Crippen LogP contribution in [-0.4, -0.2) is 37.6 Å². The number of anilines is 1. The highest BCUT2D eigenvalue weighted by atomic mass is 19.1. The van der Waals surface area contributed by atoms with E-state index in [4.69, 9.17) is 5.73 Å². The molecule has 3 aromatic heterocycles. The summed E-state index contributed by atoms with van der Waals surface area (Å²) in [7, 11) is 3.38. The van der Waals surface area contributed by atoms with Crippen LogP contribution in [0.4, 0.5) is 10.2 Å². The van der Waals surface area contributed by atoms with Gasteiger partial charge in [-0.25, -0.2) is 9.37 Å². The standard InChI is InChI=1S/C20H19FN6O/c1-11-4-5-12(23-8-11)10-26(2)20(28)13-6-14-17(7-16(13)21)25-19(22)15-9-24-27(3)18(14)15/h4-9H,10H2,1-3H3,(H2,22,25). The summed E-state index contributed by atoms with van der Waals surface area (Å²) >= 11 is 0. The Morgan fingerprint density at radius 2 is 2.04 bits per heavy atom. The summed E-state index contributed by atoms with van der Waals surface area (Å²) in [4.78, 5) is 22.9. The second kappa shape index (κ2) is 6.56. The van der Waals surface area contributed by atoms with Gasteiger partial charge in [0.2, 0.25) is 0 Å². The molecule has 0 radical (unpaired) electrons. The van der Waals surface area contributed by atoms with Crippen LogP contribution in [0.3, 0.4) is 0 Å². The Morgan fingerprint density at radius 3 is 2.75 bits per heavy atom. The van der Waals surface area contributed by atoms with Crippen LogP contribution in [0.2, 0.25) is 0 Å². The number of carbonyl (C=O) groups is 1. The minimum atomic E-state index is -0.644. The first-order valence-electron chi connectivity index (χ1n) is 8.72. The van der Waals surface area contributed by atoms with Crippen molar-refractivity contribution in [2.45, 2.75) is 13.5 Å². The molecule has 0 saturated carbocycles. The van der Waals surface area contributed by atoms with Crippen molar-refractivity contribution in [2.24, 2.45) is 7.05 Å². The minimum absolute atomic E-state index is 0.0313. The van der Waals surface area contributed by atoms with Crippen LogP contribution >= 0.6 is 0 Å². The number of fused-ring (bicyclic) bond motifs is 3. The number of rotatable bonds is 3. The quantitative estimate of drug-likeness (QED) is 0.592. The van der Waals surface area contributed by atoms with Gasteiger partial charge in [-0.2, -0.15) is 5.10 Å². The monoisotopic (exact) mass is 378 g/mol. The Kier molecular flexibility index (Phi) is 4.18. The summed E-state index contributed by atoms with van der Waals surface area (Å²) in [6.07, 6.45) is 3.34. The lowest BCUT2D eigenvalue weighted by molar-refractivity contribution is 0.0779. The zero-order valence-corrected chi connectivity index (χ0v) is 15.8. The Hall–Kier alpha value is -3.55. The first-order valence-corrected chi connectivity index (χ1v) is 8.72. The predicted molar refractivity (Wildman–Crippen MR) is 105 cm³/mol. The highest BCUT2D eigenvalue weighted by Crippen LogP contribution is 2.29. The number of aryl methyl sites for hydroxylation is 2. The van der Waals surface area contributed by atoms with Gasteiger partial charge in [0.05, 0.1) is 40.4 Å². The average molecular weight is 378 g/mol. The lowest BCUT2D eigenvalue weighted by atomic mass is 10.1. The molecule has 142 valence electrons. The van der Waals surface area contributed by atoms with Crippen LogP contribution in [0.5, 0.6) is 0 Å². The van der Waals surface area contributed by atoms with E-state index in [0.29, 0.717) is 21.8 Å². The van der Waals surface area contributed by atoms with E-state index in [1.165, 1.54) is 17.0 Å². The summed E-state index contributed by atoms with van der Waals surface area (Å²) in [6.45, 7) is 2.22. The summed E-state index contributed by atoms with van der Waals surface area (Å²) in [6, 6.07) is 6.53. The van der Waals surface area contributed by atoms with Crippen molar-refractivity contribution in [3.05, 3.63) is 59.3 Å². The summed E-state index contributed by atoms with van der Waals surface area (Å²) < 4.78 is 16.4. The molecule has 28 heavy (non-hydrogen) atoms. The van der Waals surface area contributed by atoms with E-state index < -0.39 is 11.7 Å². The molecule has 7 nitrogen and oxygen atoms in total. The van der Waals surface area contributed by atoms with Crippen LogP contribution in [0.15, 0.2) is 36.7 Å². The Bertz CT molecular complexity index is 1220. The van der Waals surface area contributed by atoms with Crippen LogP contribution < -0.4 is 5.73 Å². The second-order valence-electron chi connectivity index (χ2n) is 6.86. The van der Waals surface area contributed by atoms with Gasteiger partial charge in [-0.05, 0) is 24.6 Å². The Labute approximate surface area is 160 Å². The van der Waals surface area contributed by atoms with Crippen molar-refractivity contribution in [1.82, 2.24) is 24.6 Å².